The predicted octanol–water partition coefficient (Wildman–Crippen LogP) is 3.36. The zero-order chi connectivity index (χ0) is 15.6. The summed E-state index contributed by atoms with van der Waals surface area (Å²) in [5.41, 5.74) is 2.04. The van der Waals surface area contributed by atoms with Gasteiger partial charge in [-0.05, 0) is 30.5 Å². The van der Waals surface area contributed by atoms with Crippen molar-refractivity contribution in [3.63, 3.8) is 0 Å². The maximum absolute atomic E-state index is 10.7. The third kappa shape index (κ3) is 2.90. The van der Waals surface area contributed by atoms with E-state index in [0.29, 0.717) is 0 Å². The molecule has 0 aliphatic heterocycles. The first kappa shape index (κ1) is 14.8. The molecule has 114 valence electrons. The van der Waals surface area contributed by atoms with E-state index in [4.69, 9.17) is 16.7 Å². The van der Waals surface area contributed by atoms with Gasteiger partial charge < -0.3 is 10.4 Å². The third-order valence-electron chi connectivity index (χ3n) is 4.22. The van der Waals surface area contributed by atoms with Crippen LogP contribution in [0.1, 0.15) is 35.4 Å². The highest BCUT2D eigenvalue weighted by Gasteiger charge is 2.38. The number of nitrogens with one attached hydrogen (secondary N) is 1. The van der Waals surface area contributed by atoms with Crippen LogP contribution in [0.15, 0.2) is 36.7 Å². The summed E-state index contributed by atoms with van der Waals surface area (Å²) in [5, 5.41) is 12.9. The van der Waals surface area contributed by atoms with Gasteiger partial charge in [0.05, 0.1) is 18.1 Å². The van der Waals surface area contributed by atoms with Crippen LogP contribution in [0, 0.1) is 0 Å². The van der Waals surface area contributed by atoms with Gasteiger partial charge >= 0.3 is 5.97 Å². The molecule has 0 unspecified atom stereocenters. The lowest BCUT2D eigenvalue weighted by atomic mass is 9.64. The maximum Gasteiger partial charge on any atom is 0.373 e. The molecule has 1 aliphatic carbocycles. The minimum absolute atomic E-state index is 0.0797. The van der Waals surface area contributed by atoms with Gasteiger partial charge in [0.1, 0.15) is 0 Å². The molecule has 3 rings (SSSR count). The summed E-state index contributed by atoms with van der Waals surface area (Å²) in [6, 6.07) is 7.98. The van der Waals surface area contributed by atoms with Crippen molar-refractivity contribution >= 4 is 23.3 Å². The molecule has 0 spiro atoms. The molecule has 1 aromatic carbocycles. The smallest absolute Gasteiger partial charge is 0.373 e. The molecular formula is C16H16ClN3O2. The van der Waals surface area contributed by atoms with E-state index < -0.39 is 5.97 Å². The molecule has 6 heteroatoms. The maximum atomic E-state index is 10.7. The number of carbonyl (C=O) groups is 1. The van der Waals surface area contributed by atoms with Crippen LogP contribution in [0.4, 0.5) is 5.69 Å². The Morgan fingerprint density at radius 2 is 2.05 bits per heavy atom. The molecule has 0 radical (unpaired) electrons. The largest absolute Gasteiger partial charge is 0.475 e. The number of carboxylic acids is 1. The van der Waals surface area contributed by atoms with Crippen LogP contribution in [0.3, 0.4) is 0 Å². The average Bonchev–Trinajstić information content (AvgIpc) is 2.47. The molecule has 0 bridgehead atoms. The van der Waals surface area contributed by atoms with Gasteiger partial charge in [-0.2, -0.15) is 0 Å². The zero-order valence-corrected chi connectivity index (χ0v) is 12.7. The molecule has 0 saturated heterocycles. The number of nitrogens with zero attached hydrogens (tertiary/aromatic N) is 2. The van der Waals surface area contributed by atoms with Crippen molar-refractivity contribution in [2.45, 2.75) is 24.7 Å². The third-order valence-corrected chi connectivity index (χ3v) is 4.46. The van der Waals surface area contributed by atoms with E-state index in [1.54, 1.807) is 0 Å². The molecule has 0 amide bonds. The highest BCUT2D eigenvalue weighted by Crippen LogP contribution is 2.44. The standard InChI is InChI=1S/C16H16ClN3O2/c17-12-4-1-3-11(7-12)16(5-2-6-16)10-20-13-8-18-14(15(21)22)19-9-13/h1,3-4,7-9,20H,2,5-6,10H2,(H,21,22). The summed E-state index contributed by atoms with van der Waals surface area (Å²) in [5.74, 6) is -1.32. The van der Waals surface area contributed by atoms with Gasteiger partial charge in [-0.25, -0.2) is 14.8 Å². The van der Waals surface area contributed by atoms with Crippen LogP contribution in [-0.4, -0.2) is 27.6 Å². The second kappa shape index (κ2) is 5.93. The van der Waals surface area contributed by atoms with E-state index in [1.165, 1.54) is 24.4 Å². The van der Waals surface area contributed by atoms with E-state index in [9.17, 15) is 4.79 Å². The summed E-state index contributed by atoms with van der Waals surface area (Å²) >= 11 is 6.10. The monoisotopic (exact) mass is 317 g/mol. The topological polar surface area (TPSA) is 75.1 Å². The molecule has 1 saturated carbocycles. The molecule has 1 heterocycles. The fraction of sp³-hybridized carbons (Fsp3) is 0.312. The lowest BCUT2D eigenvalue weighted by molar-refractivity contribution is 0.0683. The van der Waals surface area contributed by atoms with Gasteiger partial charge in [-0.1, -0.05) is 30.2 Å². The van der Waals surface area contributed by atoms with Crippen LogP contribution in [0.2, 0.25) is 5.02 Å². The van der Waals surface area contributed by atoms with Crippen molar-refractivity contribution in [3.8, 4) is 0 Å². The molecule has 2 aromatic rings. The molecule has 1 aliphatic rings. The minimum atomic E-state index is -1.12. The average molecular weight is 318 g/mol. The van der Waals surface area contributed by atoms with Crippen molar-refractivity contribution in [2.24, 2.45) is 0 Å². The number of halogens is 1. The molecule has 0 atom stereocenters. The SMILES string of the molecule is O=C(O)c1ncc(NCC2(c3cccc(Cl)c3)CCC2)cn1. The van der Waals surface area contributed by atoms with Crippen molar-refractivity contribution in [2.75, 3.05) is 11.9 Å². The molecule has 1 fully saturated rings. The van der Waals surface area contributed by atoms with E-state index >= 15 is 0 Å². The Labute approximate surface area is 133 Å². The lowest BCUT2D eigenvalue weighted by Crippen LogP contribution is -2.41. The highest BCUT2D eigenvalue weighted by molar-refractivity contribution is 6.30. The Morgan fingerprint density at radius 3 is 2.59 bits per heavy atom. The van der Waals surface area contributed by atoms with Crippen LogP contribution >= 0.6 is 11.6 Å². The van der Waals surface area contributed by atoms with E-state index in [-0.39, 0.29) is 11.2 Å². The second-order valence-electron chi connectivity index (χ2n) is 5.60. The number of anilines is 1. The van der Waals surface area contributed by atoms with Crippen molar-refractivity contribution in [1.82, 2.24) is 9.97 Å². The van der Waals surface area contributed by atoms with Gasteiger partial charge in [-0.3, -0.25) is 0 Å². The molecule has 22 heavy (non-hydrogen) atoms. The Kier molecular flexibility index (Phi) is 3.98. The number of rotatable bonds is 5. The van der Waals surface area contributed by atoms with Crippen LogP contribution in [-0.2, 0) is 5.41 Å². The first-order chi connectivity index (χ1) is 10.6. The van der Waals surface area contributed by atoms with Gasteiger partial charge in [0.2, 0.25) is 5.82 Å². The van der Waals surface area contributed by atoms with Gasteiger partial charge in [0, 0.05) is 17.0 Å². The van der Waals surface area contributed by atoms with E-state index in [2.05, 4.69) is 21.4 Å². The van der Waals surface area contributed by atoms with E-state index in [0.717, 1.165) is 30.1 Å². The Morgan fingerprint density at radius 1 is 1.32 bits per heavy atom. The number of hydrogen-bond donors (Lipinski definition) is 2. The number of hydrogen-bond acceptors (Lipinski definition) is 4. The van der Waals surface area contributed by atoms with Crippen molar-refractivity contribution in [1.29, 1.82) is 0 Å². The highest BCUT2D eigenvalue weighted by atomic mass is 35.5. The number of carboxylic acid groups (broad SMARTS) is 1. The fourth-order valence-corrected chi connectivity index (χ4v) is 2.98. The summed E-state index contributed by atoms with van der Waals surface area (Å²) in [6.45, 7) is 0.753. The van der Waals surface area contributed by atoms with Gasteiger partial charge in [0.25, 0.3) is 0 Å². The summed E-state index contributed by atoms with van der Waals surface area (Å²) in [4.78, 5) is 18.4. The Hall–Kier alpha value is -2.14. The molecule has 2 N–H and O–H groups in total. The molecule has 5 nitrogen and oxygen atoms in total. The summed E-state index contributed by atoms with van der Waals surface area (Å²) in [7, 11) is 0. The fourth-order valence-electron chi connectivity index (χ4n) is 2.79. The number of benzene rings is 1. The molecule has 1 aromatic heterocycles. The number of aromatic nitrogens is 2. The van der Waals surface area contributed by atoms with Crippen molar-refractivity contribution in [3.05, 3.63) is 53.1 Å². The molecular weight excluding hydrogens is 302 g/mol. The summed E-state index contributed by atoms with van der Waals surface area (Å²) < 4.78 is 0. The Bertz CT molecular complexity index is 684. The first-order valence-electron chi connectivity index (χ1n) is 7.14. The number of aromatic carboxylic acids is 1. The van der Waals surface area contributed by atoms with Crippen LogP contribution < -0.4 is 5.32 Å². The Balaban J connectivity index is 1.72. The van der Waals surface area contributed by atoms with Crippen LogP contribution in [0.25, 0.3) is 0 Å². The van der Waals surface area contributed by atoms with Crippen molar-refractivity contribution < 1.29 is 9.90 Å². The minimum Gasteiger partial charge on any atom is -0.475 e. The van der Waals surface area contributed by atoms with Gasteiger partial charge in [0.15, 0.2) is 0 Å². The van der Waals surface area contributed by atoms with Crippen LogP contribution in [0.5, 0.6) is 0 Å². The predicted molar refractivity (Wildman–Crippen MR) is 84.5 cm³/mol. The van der Waals surface area contributed by atoms with E-state index in [1.807, 2.05) is 18.2 Å². The second-order valence-corrected chi connectivity index (χ2v) is 6.03. The summed E-state index contributed by atoms with van der Waals surface area (Å²) in [6.07, 6.45) is 6.41. The lowest BCUT2D eigenvalue weighted by Gasteiger charge is -2.43. The first-order valence-corrected chi connectivity index (χ1v) is 7.52. The van der Waals surface area contributed by atoms with Gasteiger partial charge in [-0.15, -0.1) is 0 Å². The quantitative estimate of drug-likeness (QED) is 0.884. The normalized spacial score (nSPS) is 15.9. The zero-order valence-electron chi connectivity index (χ0n) is 11.9.